The Labute approximate surface area is 113 Å². The molecule has 0 aliphatic rings. The molecule has 0 fully saturated rings. The summed E-state index contributed by atoms with van der Waals surface area (Å²) in [5.41, 5.74) is 2.60. The molecule has 0 saturated heterocycles. The number of benzene rings is 1. The highest BCUT2D eigenvalue weighted by Crippen LogP contribution is 2.21. The van der Waals surface area contributed by atoms with E-state index in [1.165, 1.54) is 0 Å². The van der Waals surface area contributed by atoms with Gasteiger partial charge in [-0.2, -0.15) is 0 Å². The van der Waals surface area contributed by atoms with E-state index in [4.69, 9.17) is 0 Å². The SMILES string of the molecule is CC(C)NC(=O)c1ccc2c(c1)nc(C(C)C)n2C. The Morgan fingerprint density at radius 2 is 1.95 bits per heavy atom. The lowest BCUT2D eigenvalue weighted by molar-refractivity contribution is 0.0943. The number of fused-ring (bicyclic) bond motifs is 1. The highest BCUT2D eigenvalue weighted by molar-refractivity contribution is 5.97. The lowest BCUT2D eigenvalue weighted by Crippen LogP contribution is -2.29. The third-order valence-corrected chi connectivity index (χ3v) is 3.11. The highest BCUT2D eigenvalue weighted by atomic mass is 16.1. The summed E-state index contributed by atoms with van der Waals surface area (Å²) >= 11 is 0. The van der Waals surface area contributed by atoms with Crippen LogP contribution in [0.1, 0.15) is 49.8 Å². The standard InChI is InChI=1S/C15H21N3O/c1-9(2)14-17-12-8-11(15(19)16-10(3)4)6-7-13(12)18(14)5/h6-10H,1-5H3,(H,16,19). The molecular weight excluding hydrogens is 238 g/mol. The summed E-state index contributed by atoms with van der Waals surface area (Å²) in [4.78, 5) is 16.6. The fourth-order valence-corrected chi connectivity index (χ4v) is 2.22. The van der Waals surface area contributed by atoms with Crippen molar-refractivity contribution in [1.82, 2.24) is 14.9 Å². The molecule has 0 unspecified atom stereocenters. The number of carbonyl (C=O) groups excluding carboxylic acids is 1. The van der Waals surface area contributed by atoms with Crippen LogP contribution in [-0.4, -0.2) is 21.5 Å². The van der Waals surface area contributed by atoms with Gasteiger partial charge in [0.1, 0.15) is 5.82 Å². The number of hydrogen-bond donors (Lipinski definition) is 1. The monoisotopic (exact) mass is 259 g/mol. The average Bonchev–Trinajstić information content (AvgIpc) is 2.65. The molecule has 0 aliphatic heterocycles. The van der Waals surface area contributed by atoms with Crippen LogP contribution in [0.25, 0.3) is 11.0 Å². The normalized spacial score (nSPS) is 11.5. The van der Waals surface area contributed by atoms with E-state index in [2.05, 4.69) is 28.7 Å². The van der Waals surface area contributed by atoms with Gasteiger partial charge in [0.25, 0.3) is 5.91 Å². The van der Waals surface area contributed by atoms with Crippen LogP contribution in [0.3, 0.4) is 0 Å². The fraction of sp³-hybridized carbons (Fsp3) is 0.467. The second kappa shape index (κ2) is 5.03. The molecule has 2 rings (SSSR count). The predicted molar refractivity (Wildman–Crippen MR) is 77.4 cm³/mol. The van der Waals surface area contributed by atoms with Crippen LogP contribution in [0.2, 0.25) is 0 Å². The Morgan fingerprint density at radius 1 is 1.26 bits per heavy atom. The van der Waals surface area contributed by atoms with Crippen molar-refractivity contribution in [2.45, 2.75) is 39.7 Å². The van der Waals surface area contributed by atoms with Crippen molar-refractivity contribution in [2.75, 3.05) is 0 Å². The van der Waals surface area contributed by atoms with Crippen molar-refractivity contribution in [1.29, 1.82) is 0 Å². The molecule has 0 bridgehead atoms. The number of nitrogens with one attached hydrogen (secondary N) is 1. The first-order chi connectivity index (χ1) is 8.90. The number of aryl methyl sites for hydroxylation is 1. The van der Waals surface area contributed by atoms with Crippen LogP contribution in [0, 0.1) is 0 Å². The second-order valence-corrected chi connectivity index (χ2v) is 5.52. The topological polar surface area (TPSA) is 46.9 Å². The van der Waals surface area contributed by atoms with Crippen molar-refractivity contribution in [3.8, 4) is 0 Å². The van der Waals surface area contributed by atoms with Crippen LogP contribution < -0.4 is 5.32 Å². The summed E-state index contributed by atoms with van der Waals surface area (Å²) in [5, 5.41) is 2.89. The number of amides is 1. The van der Waals surface area contributed by atoms with Crippen LogP contribution in [0.5, 0.6) is 0 Å². The minimum Gasteiger partial charge on any atom is -0.350 e. The number of aromatic nitrogens is 2. The van der Waals surface area contributed by atoms with Crippen LogP contribution in [-0.2, 0) is 7.05 Å². The van der Waals surface area contributed by atoms with Crippen molar-refractivity contribution < 1.29 is 4.79 Å². The summed E-state index contributed by atoms with van der Waals surface area (Å²) < 4.78 is 2.09. The highest BCUT2D eigenvalue weighted by Gasteiger charge is 2.13. The van der Waals surface area contributed by atoms with E-state index in [0.717, 1.165) is 16.9 Å². The summed E-state index contributed by atoms with van der Waals surface area (Å²) in [5.74, 6) is 1.36. The molecule has 1 aromatic heterocycles. The van der Waals surface area contributed by atoms with Gasteiger partial charge < -0.3 is 9.88 Å². The zero-order valence-electron chi connectivity index (χ0n) is 12.2. The molecule has 0 radical (unpaired) electrons. The molecule has 1 amide bonds. The van der Waals surface area contributed by atoms with Crippen molar-refractivity contribution in [3.63, 3.8) is 0 Å². The molecule has 1 N–H and O–H groups in total. The fourth-order valence-electron chi connectivity index (χ4n) is 2.22. The Morgan fingerprint density at radius 3 is 2.53 bits per heavy atom. The Kier molecular flexibility index (Phi) is 3.60. The smallest absolute Gasteiger partial charge is 0.251 e. The summed E-state index contributed by atoms with van der Waals surface area (Å²) in [6, 6.07) is 5.81. The zero-order chi connectivity index (χ0) is 14.2. The first kappa shape index (κ1) is 13.6. The molecule has 0 atom stereocenters. The zero-order valence-corrected chi connectivity index (χ0v) is 12.2. The van der Waals surface area contributed by atoms with E-state index < -0.39 is 0 Å². The summed E-state index contributed by atoms with van der Waals surface area (Å²) in [6.07, 6.45) is 0. The third kappa shape index (κ3) is 2.62. The number of hydrogen-bond acceptors (Lipinski definition) is 2. The number of nitrogens with zero attached hydrogens (tertiary/aromatic N) is 2. The third-order valence-electron chi connectivity index (χ3n) is 3.11. The molecule has 1 aromatic carbocycles. The van der Waals surface area contributed by atoms with Crippen molar-refractivity contribution >= 4 is 16.9 Å². The number of imidazole rings is 1. The van der Waals surface area contributed by atoms with Crippen LogP contribution in [0.15, 0.2) is 18.2 Å². The van der Waals surface area contributed by atoms with Gasteiger partial charge in [0, 0.05) is 24.6 Å². The quantitative estimate of drug-likeness (QED) is 0.921. The summed E-state index contributed by atoms with van der Waals surface area (Å²) in [6.45, 7) is 8.14. The van der Waals surface area contributed by atoms with E-state index in [-0.39, 0.29) is 11.9 Å². The molecule has 0 aliphatic carbocycles. The van der Waals surface area contributed by atoms with Gasteiger partial charge in [-0.05, 0) is 32.0 Å². The van der Waals surface area contributed by atoms with Gasteiger partial charge in [0.15, 0.2) is 0 Å². The average molecular weight is 259 g/mol. The van der Waals surface area contributed by atoms with Gasteiger partial charge in [0.2, 0.25) is 0 Å². The molecule has 1 heterocycles. The van der Waals surface area contributed by atoms with Gasteiger partial charge in [-0.15, -0.1) is 0 Å². The van der Waals surface area contributed by atoms with E-state index in [9.17, 15) is 4.79 Å². The lowest BCUT2D eigenvalue weighted by atomic mass is 10.2. The molecular formula is C15H21N3O. The van der Waals surface area contributed by atoms with E-state index >= 15 is 0 Å². The molecule has 19 heavy (non-hydrogen) atoms. The van der Waals surface area contributed by atoms with E-state index in [1.54, 1.807) is 0 Å². The van der Waals surface area contributed by atoms with E-state index in [1.807, 2.05) is 39.1 Å². The Bertz CT molecular complexity index is 611. The molecule has 4 nitrogen and oxygen atoms in total. The van der Waals surface area contributed by atoms with Crippen LogP contribution in [0.4, 0.5) is 0 Å². The Balaban J connectivity index is 2.44. The molecule has 4 heteroatoms. The minimum absolute atomic E-state index is 0.0475. The maximum Gasteiger partial charge on any atom is 0.251 e. The second-order valence-electron chi connectivity index (χ2n) is 5.52. The maximum absolute atomic E-state index is 12.0. The van der Waals surface area contributed by atoms with Crippen molar-refractivity contribution in [3.05, 3.63) is 29.6 Å². The molecule has 0 saturated carbocycles. The van der Waals surface area contributed by atoms with Gasteiger partial charge in [-0.1, -0.05) is 13.8 Å². The van der Waals surface area contributed by atoms with Gasteiger partial charge in [-0.3, -0.25) is 4.79 Å². The van der Waals surface area contributed by atoms with Gasteiger partial charge in [0.05, 0.1) is 11.0 Å². The van der Waals surface area contributed by atoms with Crippen LogP contribution >= 0.6 is 0 Å². The van der Waals surface area contributed by atoms with Crippen molar-refractivity contribution in [2.24, 2.45) is 7.05 Å². The minimum atomic E-state index is -0.0475. The van der Waals surface area contributed by atoms with Gasteiger partial charge >= 0.3 is 0 Å². The largest absolute Gasteiger partial charge is 0.350 e. The lowest BCUT2D eigenvalue weighted by Gasteiger charge is -2.08. The molecule has 0 spiro atoms. The number of carbonyl (C=O) groups is 1. The summed E-state index contributed by atoms with van der Waals surface area (Å²) in [7, 11) is 2.01. The Hall–Kier alpha value is -1.84. The maximum atomic E-state index is 12.0. The predicted octanol–water partition coefficient (Wildman–Crippen LogP) is 2.83. The first-order valence-corrected chi connectivity index (χ1v) is 6.67. The van der Waals surface area contributed by atoms with E-state index in [0.29, 0.717) is 11.5 Å². The molecule has 2 aromatic rings. The molecule has 102 valence electrons. The van der Waals surface area contributed by atoms with Gasteiger partial charge in [-0.25, -0.2) is 4.98 Å². The number of rotatable bonds is 3. The first-order valence-electron chi connectivity index (χ1n) is 6.67.